The van der Waals surface area contributed by atoms with E-state index in [4.69, 9.17) is 26.9 Å². The Morgan fingerprint density at radius 3 is 2.64 bits per heavy atom. The summed E-state index contributed by atoms with van der Waals surface area (Å²) in [7, 11) is 0. The Bertz CT molecular complexity index is 906. The van der Waals surface area contributed by atoms with Crippen LogP contribution in [0.1, 0.15) is 5.56 Å². The molecular weight excluding hydrogens is 344 g/mol. The Kier molecular flexibility index (Phi) is 5.57. The number of nitriles is 2. The molecule has 2 aromatic carbocycles. The molecular formula is C17H11ClN4O3. The second-order valence-electron chi connectivity index (χ2n) is 4.89. The van der Waals surface area contributed by atoms with Gasteiger partial charge < -0.3 is 10.1 Å². The number of nitrogens with zero attached hydrogens (tertiary/aromatic N) is 3. The first-order valence-electron chi connectivity index (χ1n) is 6.94. The summed E-state index contributed by atoms with van der Waals surface area (Å²) in [6, 6.07) is 12.6. The average molecular weight is 355 g/mol. The molecule has 8 heteroatoms. The van der Waals surface area contributed by atoms with Gasteiger partial charge in [-0.25, -0.2) is 0 Å². The quantitative estimate of drug-likeness (QED) is 0.473. The molecule has 0 saturated heterocycles. The number of halogens is 1. The second kappa shape index (κ2) is 7.82. The molecule has 0 radical (unpaired) electrons. The Balaban J connectivity index is 2.42. The molecule has 0 aromatic heterocycles. The number of para-hydroxylation sites is 1. The average Bonchev–Trinajstić information content (AvgIpc) is 2.59. The van der Waals surface area contributed by atoms with Gasteiger partial charge in [-0.05, 0) is 18.6 Å². The first-order valence-corrected chi connectivity index (χ1v) is 7.31. The van der Waals surface area contributed by atoms with Crippen LogP contribution in [-0.2, 0) is 0 Å². The molecule has 2 rings (SSSR count). The molecule has 2 aromatic rings. The predicted molar refractivity (Wildman–Crippen MR) is 92.3 cm³/mol. The Hall–Kier alpha value is -3.55. The van der Waals surface area contributed by atoms with E-state index in [0.717, 1.165) is 11.8 Å². The zero-order valence-electron chi connectivity index (χ0n) is 13.0. The SMILES string of the molecule is Cc1cccc(Cl)c1Oc1cc(NC=C(C#N)C#N)cc([N+](=O)[O-])c1. The van der Waals surface area contributed by atoms with Crippen molar-refractivity contribution in [3.8, 4) is 23.6 Å². The van der Waals surface area contributed by atoms with Crippen molar-refractivity contribution in [2.75, 3.05) is 5.32 Å². The first kappa shape index (κ1) is 17.8. The van der Waals surface area contributed by atoms with Crippen molar-refractivity contribution in [1.29, 1.82) is 10.5 Å². The maximum Gasteiger partial charge on any atom is 0.275 e. The first-order chi connectivity index (χ1) is 11.9. The summed E-state index contributed by atoms with van der Waals surface area (Å²) in [4.78, 5) is 10.5. The van der Waals surface area contributed by atoms with Gasteiger partial charge in [0.2, 0.25) is 0 Å². The van der Waals surface area contributed by atoms with E-state index in [1.165, 1.54) is 18.2 Å². The minimum absolute atomic E-state index is 0.170. The molecule has 0 aliphatic rings. The number of rotatable bonds is 5. The van der Waals surface area contributed by atoms with Crippen LogP contribution in [0.25, 0.3) is 0 Å². The van der Waals surface area contributed by atoms with Gasteiger partial charge in [0, 0.05) is 24.0 Å². The van der Waals surface area contributed by atoms with Crippen LogP contribution in [0.5, 0.6) is 11.5 Å². The minimum atomic E-state index is -0.573. The Labute approximate surface area is 148 Å². The maximum atomic E-state index is 11.1. The number of allylic oxidation sites excluding steroid dienone is 1. The molecule has 0 fully saturated rings. The number of nitrogens with one attached hydrogen (secondary N) is 1. The maximum absolute atomic E-state index is 11.1. The summed E-state index contributed by atoms with van der Waals surface area (Å²) in [6.45, 7) is 1.80. The number of nitro benzene ring substituents is 1. The number of hydrogen-bond donors (Lipinski definition) is 1. The molecule has 0 bridgehead atoms. The summed E-state index contributed by atoms with van der Waals surface area (Å²) >= 11 is 6.11. The lowest BCUT2D eigenvalue weighted by Crippen LogP contribution is -1.96. The van der Waals surface area contributed by atoms with Crippen molar-refractivity contribution in [2.24, 2.45) is 0 Å². The van der Waals surface area contributed by atoms with Gasteiger partial charge in [-0.2, -0.15) is 10.5 Å². The zero-order valence-corrected chi connectivity index (χ0v) is 13.7. The summed E-state index contributed by atoms with van der Waals surface area (Å²) in [5.41, 5.74) is 0.672. The predicted octanol–water partition coefficient (Wildman–Crippen LogP) is 4.69. The van der Waals surface area contributed by atoms with Crippen LogP contribution < -0.4 is 10.1 Å². The number of non-ortho nitro benzene ring substituents is 1. The third kappa shape index (κ3) is 4.47. The molecule has 1 N–H and O–H groups in total. The van der Waals surface area contributed by atoms with E-state index in [9.17, 15) is 10.1 Å². The number of benzene rings is 2. The zero-order chi connectivity index (χ0) is 18.4. The molecule has 0 atom stereocenters. The monoisotopic (exact) mass is 354 g/mol. The van der Waals surface area contributed by atoms with Crippen LogP contribution in [0.2, 0.25) is 5.02 Å². The molecule has 124 valence electrons. The number of hydrogen-bond acceptors (Lipinski definition) is 6. The third-order valence-corrected chi connectivity index (χ3v) is 3.41. The Morgan fingerprint density at radius 2 is 2.04 bits per heavy atom. The lowest BCUT2D eigenvalue weighted by atomic mass is 10.2. The molecule has 0 heterocycles. The van der Waals surface area contributed by atoms with Crippen LogP contribution in [-0.4, -0.2) is 4.92 Å². The van der Waals surface area contributed by atoms with Gasteiger partial charge in [0.05, 0.1) is 16.0 Å². The summed E-state index contributed by atoms with van der Waals surface area (Å²) in [5.74, 6) is 0.581. The normalized spacial score (nSPS) is 9.44. The van der Waals surface area contributed by atoms with Gasteiger partial charge in [0.15, 0.2) is 0 Å². The van der Waals surface area contributed by atoms with Gasteiger partial charge in [-0.15, -0.1) is 0 Å². The smallest absolute Gasteiger partial charge is 0.275 e. The lowest BCUT2D eigenvalue weighted by molar-refractivity contribution is -0.384. The van der Waals surface area contributed by atoms with E-state index in [-0.39, 0.29) is 22.7 Å². The molecule has 0 unspecified atom stereocenters. The van der Waals surface area contributed by atoms with E-state index < -0.39 is 4.92 Å². The molecule has 25 heavy (non-hydrogen) atoms. The van der Waals surface area contributed by atoms with Gasteiger partial charge in [-0.3, -0.25) is 10.1 Å². The van der Waals surface area contributed by atoms with Crippen LogP contribution in [0, 0.1) is 39.7 Å². The van der Waals surface area contributed by atoms with E-state index in [0.29, 0.717) is 10.8 Å². The van der Waals surface area contributed by atoms with E-state index >= 15 is 0 Å². The van der Waals surface area contributed by atoms with Crippen molar-refractivity contribution < 1.29 is 9.66 Å². The van der Waals surface area contributed by atoms with E-state index in [2.05, 4.69) is 5.32 Å². The Morgan fingerprint density at radius 1 is 1.32 bits per heavy atom. The highest BCUT2D eigenvalue weighted by Gasteiger charge is 2.13. The molecule has 7 nitrogen and oxygen atoms in total. The second-order valence-corrected chi connectivity index (χ2v) is 5.29. The van der Waals surface area contributed by atoms with E-state index in [1.807, 2.05) is 0 Å². The fourth-order valence-corrected chi connectivity index (χ4v) is 2.20. The van der Waals surface area contributed by atoms with Gasteiger partial charge in [-0.1, -0.05) is 23.7 Å². The summed E-state index contributed by atoms with van der Waals surface area (Å²) in [5, 5.41) is 31.6. The molecule has 0 aliphatic heterocycles. The fourth-order valence-electron chi connectivity index (χ4n) is 1.94. The van der Waals surface area contributed by atoms with Gasteiger partial charge in [0.1, 0.15) is 29.2 Å². The van der Waals surface area contributed by atoms with Crippen molar-refractivity contribution in [2.45, 2.75) is 6.92 Å². The number of nitro groups is 1. The molecule has 0 spiro atoms. The van der Waals surface area contributed by atoms with Crippen LogP contribution >= 0.6 is 11.6 Å². The van der Waals surface area contributed by atoms with Crippen molar-refractivity contribution in [3.05, 3.63) is 68.9 Å². The highest BCUT2D eigenvalue weighted by atomic mass is 35.5. The van der Waals surface area contributed by atoms with Crippen molar-refractivity contribution in [3.63, 3.8) is 0 Å². The topological polar surface area (TPSA) is 112 Å². The summed E-state index contributed by atoms with van der Waals surface area (Å²) in [6.07, 6.45) is 1.16. The number of anilines is 1. The van der Waals surface area contributed by atoms with Crippen molar-refractivity contribution in [1.82, 2.24) is 0 Å². The van der Waals surface area contributed by atoms with Gasteiger partial charge >= 0.3 is 0 Å². The highest BCUT2D eigenvalue weighted by Crippen LogP contribution is 2.35. The minimum Gasteiger partial charge on any atom is -0.455 e. The summed E-state index contributed by atoms with van der Waals surface area (Å²) < 4.78 is 5.70. The van der Waals surface area contributed by atoms with Crippen molar-refractivity contribution >= 4 is 23.0 Å². The number of ether oxygens (including phenoxy) is 1. The fraction of sp³-hybridized carbons (Fsp3) is 0.0588. The third-order valence-electron chi connectivity index (χ3n) is 3.11. The molecule has 0 saturated carbocycles. The van der Waals surface area contributed by atoms with Crippen LogP contribution in [0.15, 0.2) is 48.2 Å². The highest BCUT2D eigenvalue weighted by molar-refractivity contribution is 6.32. The molecule has 0 amide bonds. The standard InChI is InChI=1S/C17H11ClN4O3/c1-11-3-2-4-16(18)17(11)25-15-6-13(5-14(7-15)22(23)24)21-10-12(8-19)9-20/h2-7,10,21H,1H3. The number of aryl methyl sites for hydroxylation is 1. The van der Waals surface area contributed by atoms with Crippen LogP contribution in [0.4, 0.5) is 11.4 Å². The van der Waals surface area contributed by atoms with E-state index in [1.54, 1.807) is 37.3 Å². The van der Waals surface area contributed by atoms with Crippen LogP contribution in [0.3, 0.4) is 0 Å². The lowest BCUT2D eigenvalue weighted by Gasteiger charge is -2.11. The largest absolute Gasteiger partial charge is 0.455 e. The molecule has 0 aliphatic carbocycles. The van der Waals surface area contributed by atoms with Gasteiger partial charge in [0.25, 0.3) is 5.69 Å².